The Morgan fingerprint density at radius 1 is 1.33 bits per heavy atom. The molecule has 2 aromatic rings. The van der Waals surface area contributed by atoms with Crippen LogP contribution in [0.4, 0.5) is 0 Å². The average molecular weight is 265 g/mol. The third-order valence-electron chi connectivity index (χ3n) is 2.87. The zero-order chi connectivity index (χ0) is 10.4. The van der Waals surface area contributed by atoms with E-state index < -0.39 is 0 Å². The second kappa shape index (κ2) is 3.13. The van der Waals surface area contributed by atoms with Crippen molar-refractivity contribution in [2.24, 2.45) is 0 Å². The predicted molar refractivity (Wildman–Crippen MR) is 59.0 cm³/mol. The zero-order valence-corrected chi connectivity index (χ0v) is 9.82. The number of aryl methyl sites for hydroxylation is 1. The van der Waals surface area contributed by atoms with Crippen LogP contribution in [-0.4, -0.2) is 20.2 Å². The lowest BCUT2D eigenvalue weighted by atomic mass is 9.99. The third kappa shape index (κ3) is 1.23. The van der Waals surface area contributed by atoms with Gasteiger partial charge >= 0.3 is 0 Å². The molecule has 2 heterocycles. The van der Waals surface area contributed by atoms with E-state index in [-0.39, 0.29) is 0 Å². The molecule has 0 bridgehead atoms. The number of hydrogen-bond acceptors (Lipinski definition) is 3. The van der Waals surface area contributed by atoms with Crippen LogP contribution in [0.2, 0.25) is 0 Å². The lowest BCUT2D eigenvalue weighted by molar-refractivity contribution is 0.708. The summed E-state index contributed by atoms with van der Waals surface area (Å²) in [6.45, 7) is 2.12. The summed E-state index contributed by atoms with van der Waals surface area (Å²) in [6, 6.07) is 4.11. The highest BCUT2D eigenvalue weighted by Gasteiger charge is 2.20. The standard InChI is InChI=1S/C10H9BrN4/c1-6-7-2-5-10-12-13-14-15(10)9(7)4-3-8(6)11/h3-4H,2,5H2,1H3. The number of benzene rings is 1. The van der Waals surface area contributed by atoms with Gasteiger partial charge in [-0.15, -0.1) is 5.10 Å². The van der Waals surface area contributed by atoms with Gasteiger partial charge in [-0.3, -0.25) is 0 Å². The van der Waals surface area contributed by atoms with Crippen LogP contribution in [-0.2, 0) is 12.8 Å². The summed E-state index contributed by atoms with van der Waals surface area (Å²) in [6.07, 6.45) is 1.93. The van der Waals surface area contributed by atoms with Gasteiger partial charge in [0.15, 0.2) is 5.82 Å². The minimum atomic E-state index is 0.914. The molecule has 0 aliphatic carbocycles. The number of aromatic nitrogens is 4. The van der Waals surface area contributed by atoms with Gasteiger partial charge < -0.3 is 0 Å². The molecule has 5 heteroatoms. The molecule has 0 radical (unpaired) electrons. The quantitative estimate of drug-likeness (QED) is 0.729. The van der Waals surface area contributed by atoms with Gasteiger partial charge in [0.1, 0.15) is 0 Å². The minimum Gasteiger partial charge on any atom is -0.197 e. The van der Waals surface area contributed by atoms with Crippen LogP contribution in [0, 0.1) is 6.92 Å². The molecule has 0 saturated heterocycles. The highest BCUT2D eigenvalue weighted by molar-refractivity contribution is 9.10. The maximum atomic E-state index is 4.01. The summed E-state index contributed by atoms with van der Waals surface area (Å²) in [5.41, 5.74) is 3.74. The van der Waals surface area contributed by atoms with Crippen LogP contribution in [0.15, 0.2) is 16.6 Å². The van der Waals surface area contributed by atoms with Crippen molar-refractivity contribution in [2.45, 2.75) is 19.8 Å². The van der Waals surface area contributed by atoms with Gasteiger partial charge in [-0.1, -0.05) is 15.9 Å². The van der Waals surface area contributed by atoms with E-state index in [0.29, 0.717) is 0 Å². The van der Waals surface area contributed by atoms with E-state index in [0.717, 1.165) is 28.8 Å². The summed E-state index contributed by atoms with van der Waals surface area (Å²) in [7, 11) is 0. The summed E-state index contributed by atoms with van der Waals surface area (Å²) in [5.74, 6) is 0.948. The Hall–Kier alpha value is -1.23. The molecule has 4 nitrogen and oxygen atoms in total. The van der Waals surface area contributed by atoms with E-state index in [2.05, 4.69) is 44.4 Å². The second-order valence-electron chi connectivity index (χ2n) is 3.68. The molecule has 0 saturated carbocycles. The van der Waals surface area contributed by atoms with Crippen molar-refractivity contribution >= 4 is 15.9 Å². The Kier molecular flexibility index (Phi) is 1.88. The topological polar surface area (TPSA) is 43.6 Å². The van der Waals surface area contributed by atoms with E-state index in [9.17, 15) is 0 Å². The smallest absolute Gasteiger partial charge is 0.157 e. The predicted octanol–water partition coefficient (Wildman–Crippen LogP) is 1.83. The minimum absolute atomic E-state index is 0.914. The van der Waals surface area contributed by atoms with Gasteiger partial charge in [0.2, 0.25) is 0 Å². The van der Waals surface area contributed by atoms with E-state index in [1.54, 1.807) is 0 Å². The lowest BCUT2D eigenvalue weighted by Crippen LogP contribution is -2.14. The molecular formula is C10H9BrN4. The van der Waals surface area contributed by atoms with Gasteiger partial charge in [-0.25, -0.2) is 0 Å². The number of halogens is 1. The maximum Gasteiger partial charge on any atom is 0.157 e. The summed E-state index contributed by atoms with van der Waals surface area (Å²) >= 11 is 3.54. The summed E-state index contributed by atoms with van der Waals surface area (Å²) in [4.78, 5) is 0. The van der Waals surface area contributed by atoms with Crippen molar-refractivity contribution in [3.8, 4) is 5.69 Å². The Bertz CT molecular complexity index is 532. The number of hydrogen-bond donors (Lipinski definition) is 0. The van der Waals surface area contributed by atoms with Crippen LogP contribution in [0.5, 0.6) is 0 Å². The van der Waals surface area contributed by atoms with Gasteiger partial charge in [-0.05, 0) is 47.0 Å². The second-order valence-corrected chi connectivity index (χ2v) is 4.53. The molecular weight excluding hydrogens is 256 g/mol. The van der Waals surface area contributed by atoms with Crippen LogP contribution in [0.1, 0.15) is 17.0 Å². The maximum absolute atomic E-state index is 4.01. The zero-order valence-electron chi connectivity index (χ0n) is 8.24. The van der Waals surface area contributed by atoms with Crippen molar-refractivity contribution in [1.29, 1.82) is 0 Å². The van der Waals surface area contributed by atoms with Crippen molar-refractivity contribution in [1.82, 2.24) is 20.2 Å². The molecule has 1 aromatic heterocycles. The number of nitrogens with zero attached hydrogens (tertiary/aromatic N) is 4. The first kappa shape index (κ1) is 9.03. The molecule has 0 spiro atoms. The Morgan fingerprint density at radius 3 is 3.07 bits per heavy atom. The number of tetrazole rings is 1. The third-order valence-corrected chi connectivity index (χ3v) is 3.73. The largest absolute Gasteiger partial charge is 0.197 e. The molecule has 0 fully saturated rings. The van der Waals surface area contributed by atoms with Crippen LogP contribution >= 0.6 is 15.9 Å². The molecule has 76 valence electrons. The van der Waals surface area contributed by atoms with E-state index in [4.69, 9.17) is 0 Å². The van der Waals surface area contributed by atoms with Crippen LogP contribution in [0.25, 0.3) is 5.69 Å². The Balaban J connectivity index is 2.31. The summed E-state index contributed by atoms with van der Waals surface area (Å²) < 4.78 is 2.98. The number of rotatable bonds is 0. The Morgan fingerprint density at radius 2 is 2.20 bits per heavy atom. The van der Waals surface area contributed by atoms with E-state index in [1.165, 1.54) is 11.1 Å². The fraction of sp³-hybridized carbons (Fsp3) is 0.300. The molecule has 3 rings (SSSR count). The monoisotopic (exact) mass is 264 g/mol. The summed E-state index contributed by atoms with van der Waals surface area (Å²) in [5, 5.41) is 11.7. The molecule has 0 N–H and O–H groups in total. The first-order valence-electron chi connectivity index (χ1n) is 4.83. The first-order valence-corrected chi connectivity index (χ1v) is 5.62. The van der Waals surface area contributed by atoms with Gasteiger partial charge in [0.05, 0.1) is 5.69 Å². The molecule has 0 atom stereocenters. The molecule has 1 aliphatic rings. The molecule has 0 amide bonds. The fourth-order valence-electron chi connectivity index (χ4n) is 2.01. The van der Waals surface area contributed by atoms with Crippen LogP contribution in [0.3, 0.4) is 0 Å². The van der Waals surface area contributed by atoms with Gasteiger partial charge in [0.25, 0.3) is 0 Å². The molecule has 1 aliphatic heterocycles. The number of fused-ring (bicyclic) bond motifs is 3. The van der Waals surface area contributed by atoms with Gasteiger partial charge in [-0.2, -0.15) is 4.68 Å². The van der Waals surface area contributed by atoms with Crippen LogP contribution < -0.4 is 0 Å². The average Bonchev–Trinajstić information content (AvgIpc) is 2.71. The molecule has 1 aromatic carbocycles. The van der Waals surface area contributed by atoms with E-state index in [1.807, 2.05) is 10.7 Å². The van der Waals surface area contributed by atoms with E-state index >= 15 is 0 Å². The van der Waals surface area contributed by atoms with Gasteiger partial charge in [0, 0.05) is 10.9 Å². The first-order chi connectivity index (χ1) is 7.27. The lowest BCUT2D eigenvalue weighted by Gasteiger charge is -2.18. The highest BCUT2D eigenvalue weighted by Crippen LogP contribution is 2.29. The normalized spacial score (nSPS) is 13.5. The fourth-order valence-corrected chi connectivity index (χ4v) is 2.38. The van der Waals surface area contributed by atoms with Crippen molar-refractivity contribution in [3.63, 3.8) is 0 Å². The highest BCUT2D eigenvalue weighted by atomic mass is 79.9. The SMILES string of the molecule is Cc1c(Br)ccc2c1CCc1nnnn1-2. The molecule has 0 unspecified atom stereocenters. The van der Waals surface area contributed by atoms with Crippen molar-refractivity contribution in [2.75, 3.05) is 0 Å². The molecule has 15 heavy (non-hydrogen) atoms. The van der Waals surface area contributed by atoms with Crippen molar-refractivity contribution < 1.29 is 0 Å². The van der Waals surface area contributed by atoms with Crippen molar-refractivity contribution in [3.05, 3.63) is 33.6 Å². The Labute approximate surface area is 95.4 Å².